The Hall–Kier alpha value is -2.19. The lowest BCUT2D eigenvalue weighted by molar-refractivity contribution is -0.163. The summed E-state index contributed by atoms with van der Waals surface area (Å²) in [5.41, 5.74) is -2.06. The van der Waals surface area contributed by atoms with Crippen molar-refractivity contribution in [2.24, 2.45) is 17.8 Å². The maximum Gasteiger partial charge on any atom is 0.312 e. The maximum absolute atomic E-state index is 14.0. The number of esters is 1. The van der Waals surface area contributed by atoms with E-state index in [-0.39, 0.29) is 37.0 Å². The highest BCUT2D eigenvalue weighted by atomic mass is 16.6. The van der Waals surface area contributed by atoms with Crippen molar-refractivity contribution < 1.29 is 29.0 Å². The summed E-state index contributed by atoms with van der Waals surface area (Å²) in [5, 5.41) is 9.98. The number of hydrogen-bond acceptors (Lipinski definition) is 6. The first-order valence-electron chi connectivity index (χ1n) is 12.8. The Labute approximate surface area is 209 Å². The zero-order valence-electron chi connectivity index (χ0n) is 21.9. The molecular formula is C27H42N2O6. The minimum absolute atomic E-state index is 0.0588. The van der Waals surface area contributed by atoms with Gasteiger partial charge in [-0.05, 0) is 59.3 Å². The molecule has 2 bridgehead atoms. The van der Waals surface area contributed by atoms with E-state index in [0.717, 1.165) is 12.8 Å². The lowest BCUT2D eigenvalue weighted by atomic mass is 9.62. The Balaban J connectivity index is 2.01. The van der Waals surface area contributed by atoms with Crippen LogP contribution in [0, 0.1) is 17.8 Å². The molecule has 196 valence electrons. The Morgan fingerprint density at radius 1 is 1.29 bits per heavy atom. The fourth-order valence-electron chi connectivity index (χ4n) is 6.38. The van der Waals surface area contributed by atoms with Gasteiger partial charge in [0.1, 0.15) is 17.6 Å². The van der Waals surface area contributed by atoms with Crippen molar-refractivity contribution in [3.63, 3.8) is 0 Å². The molecular weight excluding hydrogens is 448 g/mol. The number of aliphatic hydroxyl groups is 1. The van der Waals surface area contributed by atoms with E-state index < -0.39 is 41.1 Å². The number of unbranched alkanes of at least 4 members (excludes halogenated alkanes) is 2. The highest BCUT2D eigenvalue weighted by Gasteiger charge is 2.80. The molecule has 2 amide bonds. The number of aliphatic hydroxyl groups excluding tert-OH is 1. The quantitative estimate of drug-likeness (QED) is 0.257. The first-order chi connectivity index (χ1) is 16.5. The molecule has 0 radical (unpaired) electrons. The van der Waals surface area contributed by atoms with Crippen LogP contribution in [0.2, 0.25) is 0 Å². The van der Waals surface area contributed by atoms with Crippen molar-refractivity contribution in [3.05, 3.63) is 25.3 Å². The van der Waals surface area contributed by atoms with Crippen LogP contribution in [0.3, 0.4) is 0 Å². The number of carbonyl (C=O) groups excluding carboxylic acids is 3. The van der Waals surface area contributed by atoms with Gasteiger partial charge in [-0.15, -0.1) is 13.2 Å². The smallest absolute Gasteiger partial charge is 0.312 e. The molecule has 3 heterocycles. The van der Waals surface area contributed by atoms with Crippen LogP contribution < -0.4 is 0 Å². The number of ether oxygens (including phenoxy) is 2. The summed E-state index contributed by atoms with van der Waals surface area (Å²) in [4.78, 5) is 44.5. The summed E-state index contributed by atoms with van der Waals surface area (Å²) in [7, 11) is 0. The van der Waals surface area contributed by atoms with Gasteiger partial charge >= 0.3 is 5.97 Å². The van der Waals surface area contributed by atoms with E-state index in [1.165, 1.54) is 4.90 Å². The second-order valence-electron chi connectivity index (χ2n) is 10.8. The first kappa shape index (κ1) is 27.4. The molecule has 3 fully saturated rings. The van der Waals surface area contributed by atoms with Gasteiger partial charge in [0.05, 0.1) is 30.8 Å². The van der Waals surface area contributed by atoms with Crippen LogP contribution in [0.1, 0.15) is 60.3 Å². The van der Waals surface area contributed by atoms with Crippen molar-refractivity contribution >= 4 is 17.8 Å². The van der Waals surface area contributed by atoms with Gasteiger partial charge in [0.2, 0.25) is 11.8 Å². The van der Waals surface area contributed by atoms with Crippen LogP contribution in [0.5, 0.6) is 0 Å². The molecule has 3 aliphatic heterocycles. The zero-order chi connectivity index (χ0) is 26.1. The average Bonchev–Trinajstić information content (AvgIpc) is 3.32. The van der Waals surface area contributed by atoms with E-state index in [1.54, 1.807) is 17.9 Å². The van der Waals surface area contributed by atoms with E-state index in [9.17, 15) is 19.5 Å². The Morgan fingerprint density at radius 2 is 1.97 bits per heavy atom. The van der Waals surface area contributed by atoms with E-state index in [0.29, 0.717) is 19.4 Å². The van der Waals surface area contributed by atoms with Gasteiger partial charge in [-0.1, -0.05) is 19.1 Å². The van der Waals surface area contributed by atoms with E-state index >= 15 is 0 Å². The standard InChI is InChI=1S/C27H42N2O6/c1-8-10-11-12-14-34-25(33)21-20-23(31)29(19(6)16-30)22(24(32)28(13-9-2)17(3)4)27(20)15-18(5)26(21,7)35-27/h8-9,17-22,30H,1-2,10-16H2,3-7H3/t18?,19-,20+,21-,22?,26+,27?/m1/s1. The largest absolute Gasteiger partial charge is 0.465 e. The van der Waals surface area contributed by atoms with Crippen molar-refractivity contribution in [2.45, 2.75) is 89.6 Å². The molecule has 7 atom stereocenters. The Bertz CT molecular complexity index is 859. The predicted octanol–water partition coefficient (Wildman–Crippen LogP) is 2.70. The number of likely N-dealkylation sites (tertiary alicyclic amines) is 1. The van der Waals surface area contributed by atoms with Gasteiger partial charge in [-0.25, -0.2) is 0 Å². The summed E-state index contributed by atoms with van der Waals surface area (Å²) in [5.74, 6) is -2.71. The fourth-order valence-corrected chi connectivity index (χ4v) is 6.38. The average molecular weight is 491 g/mol. The van der Waals surface area contributed by atoms with Crippen LogP contribution in [0.15, 0.2) is 25.3 Å². The van der Waals surface area contributed by atoms with E-state index in [4.69, 9.17) is 9.47 Å². The Morgan fingerprint density at radius 3 is 2.54 bits per heavy atom. The third-order valence-electron chi connectivity index (χ3n) is 8.26. The van der Waals surface area contributed by atoms with Crippen molar-refractivity contribution in [3.8, 4) is 0 Å². The lowest BCUT2D eigenvalue weighted by Crippen LogP contribution is -2.59. The van der Waals surface area contributed by atoms with Crippen LogP contribution in [-0.4, -0.2) is 81.8 Å². The van der Waals surface area contributed by atoms with Gasteiger partial charge in [0.15, 0.2) is 0 Å². The molecule has 3 aliphatic rings. The molecule has 3 unspecified atom stereocenters. The molecule has 0 aromatic carbocycles. The molecule has 0 aromatic rings. The minimum Gasteiger partial charge on any atom is -0.465 e. The van der Waals surface area contributed by atoms with Gasteiger partial charge < -0.3 is 24.4 Å². The monoisotopic (exact) mass is 490 g/mol. The zero-order valence-corrected chi connectivity index (χ0v) is 21.9. The highest BCUT2D eigenvalue weighted by Crippen LogP contribution is 2.65. The predicted molar refractivity (Wildman–Crippen MR) is 132 cm³/mol. The molecule has 8 nitrogen and oxygen atoms in total. The van der Waals surface area contributed by atoms with Crippen molar-refractivity contribution in [1.29, 1.82) is 0 Å². The van der Waals surface area contributed by atoms with Gasteiger partial charge in [-0.2, -0.15) is 0 Å². The highest BCUT2D eigenvalue weighted by molar-refractivity contribution is 5.98. The third-order valence-corrected chi connectivity index (χ3v) is 8.26. The summed E-state index contributed by atoms with van der Waals surface area (Å²) in [6.45, 7) is 17.2. The molecule has 0 saturated carbocycles. The summed E-state index contributed by atoms with van der Waals surface area (Å²) >= 11 is 0. The van der Waals surface area contributed by atoms with Crippen LogP contribution >= 0.6 is 0 Å². The maximum atomic E-state index is 14.0. The molecule has 1 N–H and O–H groups in total. The molecule has 3 rings (SSSR count). The summed E-state index contributed by atoms with van der Waals surface area (Å²) < 4.78 is 12.3. The first-order valence-corrected chi connectivity index (χ1v) is 12.8. The number of carbonyl (C=O) groups is 3. The lowest BCUT2D eigenvalue weighted by Gasteiger charge is -2.39. The topological polar surface area (TPSA) is 96.4 Å². The van der Waals surface area contributed by atoms with Gasteiger partial charge in [0, 0.05) is 12.6 Å². The number of rotatable bonds is 12. The SMILES string of the molecule is C=CCCCCOC(=O)[C@H]1[C@H]2C(=O)N([C@H](C)CO)C(C(=O)N(CC=C)C(C)C)C23CC(C)[C@]1(C)O3. The fraction of sp³-hybridized carbons (Fsp3) is 0.741. The van der Waals surface area contributed by atoms with Crippen molar-refractivity contribution in [1.82, 2.24) is 9.80 Å². The van der Waals surface area contributed by atoms with Crippen LogP contribution in [-0.2, 0) is 23.9 Å². The Kier molecular flexibility index (Phi) is 8.16. The van der Waals surface area contributed by atoms with Gasteiger partial charge in [-0.3, -0.25) is 14.4 Å². The molecule has 0 aliphatic carbocycles. The number of fused-ring (bicyclic) bond motifs is 1. The molecule has 1 spiro atoms. The second-order valence-corrected chi connectivity index (χ2v) is 10.8. The number of allylic oxidation sites excluding steroid dienone is 1. The molecule has 3 saturated heterocycles. The number of hydrogen-bond donors (Lipinski definition) is 1. The van der Waals surface area contributed by atoms with E-state index in [2.05, 4.69) is 13.2 Å². The minimum atomic E-state index is -1.15. The molecule has 8 heteroatoms. The third kappa shape index (κ3) is 4.33. The van der Waals surface area contributed by atoms with Gasteiger partial charge in [0.25, 0.3) is 0 Å². The summed E-state index contributed by atoms with van der Waals surface area (Å²) in [6.07, 6.45) is 6.39. The van der Waals surface area contributed by atoms with E-state index in [1.807, 2.05) is 33.8 Å². The van der Waals surface area contributed by atoms with Crippen LogP contribution in [0.25, 0.3) is 0 Å². The molecule has 0 aromatic heterocycles. The molecule has 35 heavy (non-hydrogen) atoms. The normalized spacial score (nSPS) is 34.1. The summed E-state index contributed by atoms with van der Waals surface area (Å²) in [6, 6.07) is -1.66. The second kappa shape index (κ2) is 10.4. The number of nitrogens with zero attached hydrogens (tertiary/aromatic N) is 2. The van der Waals surface area contributed by atoms with Crippen molar-refractivity contribution in [2.75, 3.05) is 19.8 Å². The van der Waals surface area contributed by atoms with Crippen LogP contribution in [0.4, 0.5) is 0 Å². The number of amides is 2.